The molecule has 2 aromatic carbocycles. The maximum Gasteiger partial charge on any atom is 0.344 e. The molecule has 0 unspecified atom stereocenters. The summed E-state index contributed by atoms with van der Waals surface area (Å²) in [5.74, 6) is 0.297. The van der Waals surface area contributed by atoms with E-state index in [2.05, 4.69) is 23.2 Å². The number of cyclic esters (lactones) is 1. The van der Waals surface area contributed by atoms with E-state index in [1.165, 1.54) is 0 Å². The lowest BCUT2D eigenvalue weighted by molar-refractivity contribution is -0.130. The fourth-order valence-electron chi connectivity index (χ4n) is 3.85. The number of aryl methyl sites for hydroxylation is 2. The van der Waals surface area contributed by atoms with Gasteiger partial charge in [0.1, 0.15) is 5.76 Å². The topological polar surface area (TPSA) is 39.2 Å². The number of ether oxygens (including phenoxy) is 1. The highest BCUT2D eigenvalue weighted by Gasteiger charge is 2.32. The zero-order chi connectivity index (χ0) is 18.5. The average Bonchev–Trinajstić information content (AvgIpc) is 3.21. The van der Waals surface area contributed by atoms with Crippen LogP contribution >= 0.6 is 0 Å². The van der Waals surface area contributed by atoms with Crippen LogP contribution in [0.2, 0.25) is 0 Å². The molecule has 0 amide bonds. The minimum atomic E-state index is -0.313. The Labute approximate surface area is 157 Å². The fourth-order valence-corrected chi connectivity index (χ4v) is 3.85. The van der Waals surface area contributed by atoms with Gasteiger partial charge in [0.2, 0.25) is 0 Å². The van der Waals surface area contributed by atoms with Crippen molar-refractivity contribution >= 4 is 17.3 Å². The van der Waals surface area contributed by atoms with Crippen LogP contribution in [0.3, 0.4) is 0 Å². The lowest BCUT2D eigenvalue weighted by atomic mass is 9.97. The van der Waals surface area contributed by atoms with Crippen molar-refractivity contribution in [3.05, 3.63) is 100 Å². The standard InChI is InChI=1S/C24H17NO2/c1-14-9-10-15(2)19(12-14)21-13-20(24(26)27-21)22-16-6-3-4-7-17(16)23-18(22)8-5-11-25-23/h3-13H,1-2H3/b22-20-. The van der Waals surface area contributed by atoms with Crippen LogP contribution in [0.5, 0.6) is 0 Å². The molecule has 0 bridgehead atoms. The van der Waals surface area contributed by atoms with Crippen LogP contribution in [0.15, 0.2) is 72.4 Å². The Balaban J connectivity index is 1.76. The number of carbonyl (C=O) groups is 1. The Morgan fingerprint density at radius 2 is 1.63 bits per heavy atom. The van der Waals surface area contributed by atoms with Crippen molar-refractivity contribution in [1.29, 1.82) is 0 Å². The largest absolute Gasteiger partial charge is 0.422 e. The number of rotatable bonds is 1. The molecule has 2 heterocycles. The molecule has 0 spiro atoms. The summed E-state index contributed by atoms with van der Waals surface area (Å²) >= 11 is 0. The van der Waals surface area contributed by atoms with E-state index < -0.39 is 0 Å². The number of nitrogens with zero attached hydrogens (tertiary/aromatic N) is 1. The van der Waals surface area contributed by atoms with Gasteiger partial charge in [-0.25, -0.2) is 4.79 Å². The number of hydrogen-bond donors (Lipinski definition) is 0. The Hall–Kier alpha value is -3.46. The summed E-state index contributed by atoms with van der Waals surface area (Å²) in [6.07, 6.45) is 3.66. The summed E-state index contributed by atoms with van der Waals surface area (Å²) in [6.45, 7) is 4.06. The number of fused-ring (bicyclic) bond motifs is 3. The summed E-state index contributed by atoms with van der Waals surface area (Å²) in [5, 5.41) is 0. The molecule has 27 heavy (non-hydrogen) atoms. The van der Waals surface area contributed by atoms with E-state index in [1.807, 2.05) is 56.3 Å². The highest BCUT2D eigenvalue weighted by Crippen LogP contribution is 2.46. The predicted octanol–water partition coefficient (Wildman–Crippen LogP) is 5.08. The monoisotopic (exact) mass is 351 g/mol. The smallest absolute Gasteiger partial charge is 0.344 e. The molecule has 0 saturated carbocycles. The average molecular weight is 351 g/mol. The van der Waals surface area contributed by atoms with E-state index >= 15 is 0 Å². The van der Waals surface area contributed by atoms with Crippen LogP contribution in [0.4, 0.5) is 0 Å². The van der Waals surface area contributed by atoms with E-state index in [0.29, 0.717) is 11.3 Å². The molecule has 0 saturated heterocycles. The molecular formula is C24H17NO2. The highest BCUT2D eigenvalue weighted by atomic mass is 16.5. The van der Waals surface area contributed by atoms with Gasteiger partial charge in [-0.05, 0) is 43.2 Å². The molecule has 3 nitrogen and oxygen atoms in total. The molecule has 0 atom stereocenters. The molecule has 0 radical (unpaired) electrons. The van der Waals surface area contributed by atoms with E-state index in [9.17, 15) is 4.79 Å². The zero-order valence-electron chi connectivity index (χ0n) is 15.1. The number of carbonyl (C=O) groups excluding carboxylic acids is 1. The summed E-state index contributed by atoms with van der Waals surface area (Å²) in [5.41, 5.74) is 8.63. The minimum absolute atomic E-state index is 0.313. The minimum Gasteiger partial charge on any atom is -0.422 e. The third-order valence-corrected chi connectivity index (χ3v) is 5.15. The number of hydrogen-bond acceptors (Lipinski definition) is 3. The first-order chi connectivity index (χ1) is 13.1. The van der Waals surface area contributed by atoms with Gasteiger partial charge in [-0.3, -0.25) is 4.98 Å². The summed E-state index contributed by atoms with van der Waals surface area (Å²) in [7, 11) is 0. The Bertz CT molecular complexity index is 1140. The van der Waals surface area contributed by atoms with Crippen molar-refractivity contribution in [2.45, 2.75) is 13.8 Å². The summed E-state index contributed by atoms with van der Waals surface area (Å²) < 4.78 is 5.68. The number of aromatic nitrogens is 1. The molecule has 0 N–H and O–H groups in total. The first-order valence-corrected chi connectivity index (χ1v) is 8.94. The molecule has 2 aliphatic rings. The second kappa shape index (κ2) is 5.78. The summed E-state index contributed by atoms with van der Waals surface area (Å²) in [4.78, 5) is 17.4. The Morgan fingerprint density at radius 3 is 2.48 bits per heavy atom. The predicted molar refractivity (Wildman–Crippen MR) is 106 cm³/mol. The zero-order valence-corrected chi connectivity index (χ0v) is 15.1. The second-order valence-electron chi connectivity index (χ2n) is 6.95. The van der Waals surface area contributed by atoms with Crippen LogP contribution in [0.1, 0.15) is 27.8 Å². The maximum atomic E-state index is 12.8. The number of pyridine rings is 1. The van der Waals surface area contributed by atoms with Gasteiger partial charge in [-0.15, -0.1) is 0 Å². The number of esters is 1. The molecular weight excluding hydrogens is 334 g/mol. The van der Waals surface area contributed by atoms with Gasteiger partial charge in [0.25, 0.3) is 0 Å². The van der Waals surface area contributed by atoms with Crippen molar-refractivity contribution < 1.29 is 9.53 Å². The second-order valence-corrected chi connectivity index (χ2v) is 6.95. The quantitative estimate of drug-likeness (QED) is 0.355. The summed E-state index contributed by atoms with van der Waals surface area (Å²) in [6, 6.07) is 18.2. The number of benzene rings is 2. The van der Waals surface area contributed by atoms with Crippen LogP contribution < -0.4 is 0 Å². The van der Waals surface area contributed by atoms with Gasteiger partial charge >= 0.3 is 5.97 Å². The third-order valence-electron chi connectivity index (χ3n) is 5.15. The SMILES string of the molecule is Cc1ccc(C)c(C2=C/C(=C3\c4ccccc4-c4ncccc43)C(=O)O2)c1. The molecule has 0 fully saturated rings. The van der Waals surface area contributed by atoms with E-state index in [0.717, 1.165) is 44.6 Å². The fraction of sp³-hybridized carbons (Fsp3) is 0.0833. The van der Waals surface area contributed by atoms with Gasteiger partial charge in [-0.2, -0.15) is 0 Å². The van der Waals surface area contributed by atoms with Gasteiger partial charge in [-0.1, -0.05) is 48.0 Å². The van der Waals surface area contributed by atoms with Crippen molar-refractivity contribution in [2.75, 3.05) is 0 Å². The molecule has 1 aliphatic heterocycles. The molecule has 3 heteroatoms. The normalized spacial score (nSPS) is 17.4. The van der Waals surface area contributed by atoms with Gasteiger partial charge in [0.15, 0.2) is 0 Å². The van der Waals surface area contributed by atoms with Gasteiger partial charge in [0.05, 0.1) is 11.3 Å². The lowest BCUT2D eigenvalue weighted by Gasteiger charge is -2.07. The van der Waals surface area contributed by atoms with Crippen LogP contribution in [-0.4, -0.2) is 11.0 Å². The van der Waals surface area contributed by atoms with Crippen molar-refractivity contribution in [3.63, 3.8) is 0 Å². The highest BCUT2D eigenvalue weighted by molar-refractivity contribution is 6.14. The maximum absolute atomic E-state index is 12.8. The van der Waals surface area contributed by atoms with Crippen LogP contribution in [0.25, 0.3) is 22.6 Å². The Morgan fingerprint density at radius 1 is 0.852 bits per heavy atom. The van der Waals surface area contributed by atoms with E-state index in [1.54, 1.807) is 6.20 Å². The van der Waals surface area contributed by atoms with E-state index in [-0.39, 0.29) is 5.97 Å². The first kappa shape index (κ1) is 15.8. The van der Waals surface area contributed by atoms with Gasteiger partial charge < -0.3 is 4.74 Å². The Kier molecular flexibility index (Phi) is 3.37. The molecule has 3 aromatic rings. The molecule has 1 aliphatic carbocycles. The van der Waals surface area contributed by atoms with Crippen molar-refractivity contribution in [3.8, 4) is 11.3 Å². The molecule has 5 rings (SSSR count). The van der Waals surface area contributed by atoms with Gasteiger partial charge in [0, 0.05) is 28.5 Å². The van der Waals surface area contributed by atoms with Crippen LogP contribution in [-0.2, 0) is 9.53 Å². The van der Waals surface area contributed by atoms with Crippen LogP contribution in [0, 0.1) is 13.8 Å². The molecule has 1 aromatic heterocycles. The first-order valence-electron chi connectivity index (χ1n) is 8.94. The lowest BCUT2D eigenvalue weighted by Crippen LogP contribution is -2.01. The van der Waals surface area contributed by atoms with E-state index in [4.69, 9.17) is 4.74 Å². The van der Waals surface area contributed by atoms with Crippen molar-refractivity contribution in [2.24, 2.45) is 0 Å². The van der Waals surface area contributed by atoms with Crippen molar-refractivity contribution in [1.82, 2.24) is 4.98 Å². The third kappa shape index (κ3) is 2.36. The molecule has 130 valence electrons.